The number of nitrogens with zero attached hydrogens (tertiary/aromatic N) is 2. The monoisotopic (exact) mass is 340 g/mol. The summed E-state index contributed by atoms with van der Waals surface area (Å²) in [5.41, 5.74) is 2.13. The summed E-state index contributed by atoms with van der Waals surface area (Å²) in [5.74, 6) is 0. The molecule has 0 spiro atoms. The number of hydrazone groups is 1. The fraction of sp³-hybridized carbons (Fsp3) is 0.947. The van der Waals surface area contributed by atoms with E-state index in [1.807, 2.05) is 0 Å². The molecule has 0 aromatic carbocycles. The normalized spacial score (nSPS) is 21.8. The highest BCUT2D eigenvalue weighted by Crippen LogP contribution is 2.46. The molecule has 1 saturated heterocycles. The number of rotatable bonds is 8. The third-order valence-corrected chi connectivity index (χ3v) is 12.3. The highest BCUT2D eigenvalue weighted by Gasteiger charge is 2.43. The van der Waals surface area contributed by atoms with Gasteiger partial charge in [0.2, 0.25) is 0 Å². The Morgan fingerprint density at radius 1 is 1.30 bits per heavy atom. The Morgan fingerprint density at radius 3 is 2.43 bits per heavy atom. The van der Waals surface area contributed by atoms with Gasteiger partial charge in [-0.2, -0.15) is 5.10 Å². The first kappa shape index (κ1) is 20.7. The SMILES string of the molecule is CCC[C@@H](C(CC)=NN1CCC[C@H]1COC)[Si](C)(C)C(C)(C)C. The van der Waals surface area contributed by atoms with E-state index in [0.717, 1.165) is 19.6 Å². The maximum atomic E-state index is 5.40. The summed E-state index contributed by atoms with van der Waals surface area (Å²) < 4.78 is 5.40. The lowest BCUT2D eigenvalue weighted by Gasteiger charge is -2.44. The summed E-state index contributed by atoms with van der Waals surface area (Å²) in [7, 11) is 0.362. The van der Waals surface area contributed by atoms with Crippen molar-refractivity contribution >= 4 is 13.8 Å². The van der Waals surface area contributed by atoms with Gasteiger partial charge in [0.1, 0.15) is 0 Å². The van der Waals surface area contributed by atoms with Crippen molar-refractivity contribution in [2.24, 2.45) is 5.10 Å². The van der Waals surface area contributed by atoms with Gasteiger partial charge >= 0.3 is 0 Å². The fourth-order valence-corrected chi connectivity index (χ4v) is 6.77. The van der Waals surface area contributed by atoms with Gasteiger partial charge < -0.3 is 4.74 Å². The Kier molecular flexibility index (Phi) is 7.79. The Labute approximate surface area is 145 Å². The molecule has 1 fully saturated rings. The van der Waals surface area contributed by atoms with Crippen LogP contribution in [0.15, 0.2) is 5.10 Å². The summed E-state index contributed by atoms with van der Waals surface area (Å²) in [4.78, 5) is 0. The van der Waals surface area contributed by atoms with Crippen LogP contribution in [0.25, 0.3) is 0 Å². The molecule has 0 amide bonds. The zero-order valence-corrected chi connectivity index (χ0v) is 17.9. The van der Waals surface area contributed by atoms with Crippen LogP contribution in [0.2, 0.25) is 23.7 Å². The van der Waals surface area contributed by atoms with Crippen molar-refractivity contribution in [2.75, 3.05) is 20.3 Å². The summed E-state index contributed by atoms with van der Waals surface area (Å²) >= 11 is 0. The molecule has 0 N–H and O–H groups in total. The first-order valence-corrected chi connectivity index (χ1v) is 12.6. The molecule has 0 radical (unpaired) electrons. The first-order valence-electron chi connectivity index (χ1n) is 9.51. The smallest absolute Gasteiger partial charge is 0.0704 e. The van der Waals surface area contributed by atoms with E-state index in [0.29, 0.717) is 16.6 Å². The second kappa shape index (κ2) is 8.66. The van der Waals surface area contributed by atoms with Crippen LogP contribution >= 0.6 is 0 Å². The van der Waals surface area contributed by atoms with Crippen LogP contribution in [0.3, 0.4) is 0 Å². The fourth-order valence-electron chi connectivity index (χ4n) is 3.62. The average Bonchev–Trinajstić information content (AvgIpc) is 2.89. The van der Waals surface area contributed by atoms with Gasteiger partial charge in [-0.15, -0.1) is 0 Å². The van der Waals surface area contributed by atoms with Crippen molar-refractivity contribution in [1.29, 1.82) is 0 Å². The van der Waals surface area contributed by atoms with E-state index in [4.69, 9.17) is 9.84 Å². The zero-order chi connectivity index (χ0) is 17.7. The molecule has 3 nitrogen and oxygen atoms in total. The minimum absolute atomic E-state index is 0.402. The zero-order valence-electron chi connectivity index (χ0n) is 16.9. The molecule has 23 heavy (non-hydrogen) atoms. The van der Waals surface area contributed by atoms with Crippen LogP contribution < -0.4 is 0 Å². The molecule has 1 aliphatic heterocycles. The maximum Gasteiger partial charge on any atom is 0.0704 e. The summed E-state index contributed by atoms with van der Waals surface area (Å²) in [6.45, 7) is 18.9. The van der Waals surface area contributed by atoms with E-state index < -0.39 is 8.07 Å². The van der Waals surface area contributed by atoms with Gasteiger partial charge in [-0.3, -0.25) is 5.01 Å². The minimum Gasteiger partial charge on any atom is -0.382 e. The van der Waals surface area contributed by atoms with E-state index in [1.165, 1.54) is 31.4 Å². The lowest BCUT2D eigenvalue weighted by atomic mass is 10.1. The van der Waals surface area contributed by atoms with Crippen LogP contribution in [-0.4, -0.2) is 45.1 Å². The molecule has 1 heterocycles. The lowest BCUT2D eigenvalue weighted by molar-refractivity contribution is 0.117. The molecule has 0 aromatic rings. The van der Waals surface area contributed by atoms with E-state index in [1.54, 1.807) is 7.11 Å². The third-order valence-electron chi connectivity index (χ3n) is 6.11. The van der Waals surface area contributed by atoms with Crippen molar-refractivity contribution in [2.45, 2.75) is 96.4 Å². The van der Waals surface area contributed by atoms with E-state index >= 15 is 0 Å². The minimum atomic E-state index is -1.44. The Bertz CT molecular complexity index is 387. The Balaban J connectivity index is 3.08. The first-order chi connectivity index (χ1) is 10.7. The van der Waals surface area contributed by atoms with E-state index in [-0.39, 0.29) is 0 Å². The van der Waals surface area contributed by atoms with Gasteiger partial charge in [0.05, 0.1) is 20.7 Å². The highest BCUT2D eigenvalue weighted by molar-refractivity contribution is 6.84. The molecule has 2 atom stereocenters. The second-order valence-corrected chi connectivity index (χ2v) is 14.3. The maximum absolute atomic E-state index is 5.40. The van der Waals surface area contributed by atoms with Gasteiger partial charge in [-0.1, -0.05) is 54.1 Å². The molecular formula is C19H40N2OSi. The van der Waals surface area contributed by atoms with Crippen molar-refractivity contribution in [1.82, 2.24) is 5.01 Å². The molecule has 0 unspecified atom stereocenters. The molecule has 0 aromatic heterocycles. The molecule has 0 saturated carbocycles. The summed E-state index contributed by atoms with van der Waals surface area (Å²) in [6, 6.07) is 0.475. The summed E-state index contributed by atoms with van der Waals surface area (Å²) in [5, 5.41) is 7.93. The second-order valence-electron chi connectivity index (χ2n) is 8.67. The van der Waals surface area contributed by atoms with Gasteiger partial charge in [-0.05, 0) is 36.3 Å². The molecule has 136 valence electrons. The lowest BCUT2D eigenvalue weighted by Crippen LogP contribution is -2.46. The predicted octanol–water partition coefficient (Wildman–Crippen LogP) is 5.54. The number of hydrogen-bond donors (Lipinski definition) is 0. The Morgan fingerprint density at radius 2 is 1.96 bits per heavy atom. The standard InChI is InChI=1S/C19H40N2OSi/c1-9-12-18(23(7,8)19(3,4)5)17(10-2)20-21-14-11-13-16(21)15-22-6/h16,18H,9-15H2,1-8H3/t16-,18-/m0/s1. The average molecular weight is 341 g/mol. The Hall–Kier alpha value is -0.353. The van der Waals surface area contributed by atoms with Crippen molar-refractivity contribution in [3.63, 3.8) is 0 Å². The van der Waals surface area contributed by atoms with E-state index in [9.17, 15) is 0 Å². The van der Waals surface area contributed by atoms with Crippen molar-refractivity contribution in [3.05, 3.63) is 0 Å². The molecule has 1 rings (SSSR count). The van der Waals surface area contributed by atoms with Gasteiger partial charge in [0.25, 0.3) is 0 Å². The van der Waals surface area contributed by atoms with Gasteiger partial charge in [0.15, 0.2) is 0 Å². The quantitative estimate of drug-likeness (QED) is 0.428. The number of methoxy groups -OCH3 is 1. The van der Waals surface area contributed by atoms with Crippen LogP contribution in [0.1, 0.15) is 66.7 Å². The molecule has 0 aliphatic carbocycles. The van der Waals surface area contributed by atoms with Crippen molar-refractivity contribution in [3.8, 4) is 0 Å². The van der Waals surface area contributed by atoms with Crippen LogP contribution in [0.4, 0.5) is 0 Å². The van der Waals surface area contributed by atoms with E-state index in [2.05, 4.69) is 52.7 Å². The van der Waals surface area contributed by atoms with Crippen LogP contribution in [0, 0.1) is 0 Å². The van der Waals surface area contributed by atoms with Crippen molar-refractivity contribution < 1.29 is 4.74 Å². The molecular weight excluding hydrogens is 300 g/mol. The third kappa shape index (κ3) is 5.06. The number of hydrogen-bond acceptors (Lipinski definition) is 3. The largest absolute Gasteiger partial charge is 0.382 e. The van der Waals surface area contributed by atoms with Crippen LogP contribution in [-0.2, 0) is 4.74 Å². The van der Waals surface area contributed by atoms with Gasteiger partial charge in [0, 0.05) is 19.4 Å². The summed E-state index contributed by atoms with van der Waals surface area (Å²) in [6.07, 6.45) is 6.07. The molecule has 4 heteroatoms. The number of ether oxygens (including phenoxy) is 1. The van der Waals surface area contributed by atoms with Gasteiger partial charge in [-0.25, -0.2) is 0 Å². The molecule has 0 bridgehead atoms. The molecule has 1 aliphatic rings. The predicted molar refractivity (Wildman–Crippen MR) is 105 cm³/mol. The topological polar surface area (TPSA) is 24.8 Å². The van der Waals surface area contributed by atoms with Crippen LogP contribution in [0.5, 0.6) is 0 Å². The highest BCUT2D eigenvalue weighted by atomic mass is 28.3.